The summed E-state index contributed by atoms with van der Waals surface area (Å²) in [6, 6.07) is 18.3. The molecule has 2 aliphatic rings. The van der Waals surface area contributed by atoms with Crippen LogP contribution in [0.1, 0.15) is 96.5 Å². The molecule has 0 spiro atoms. The van der Waals surface area contributed by atoms with Crippen molar-refractivity contribution in [3.63, 3.8) is 0 Å². The van der Waals surface area contributed by atoms with Gasteiger partial charge in [0.2, 0.25) is 5.91 Å². The average molecular weight is 564 g/mol. The number of carbonyl (C=O) groups excluding carboxylic acids is 1. The highest BCUT2D eigenvalue weighted by molar-refractivity contribution is 5.86. The van der Waals surface area contributed by atoms with Gasteiger partial charge in [0.05, 0.1) is 5.92 Å². The molecule has 2 aliphatic carbocycles. The number of benzene rings is 2. The molecule has 0 bridgehead atoms. The number of aryl methyl sites for hydroxylation is 3. The number of fused-ring (bicyclic) bond motifs is 3. The Hall–Kier alpha value is -3.80. The monoisotopic (exact) mass is 563 g/mol. The van der Waals surface area contributed by atoms with Gasteiger partial charge in [0, 0.05) is 52.1 Å². The minimum Gasteiger partial charge on any atom is -0.351 e. The standard InChI is InChI=1S/C36H42N4O2/c1-24-21-25(2)38-35-33(24)31-11-7-8-12-32(31)40(35)23-27-13-17-29(18-14-27)34(28-9-5-3-4-6-10-28)36(41)37-22-26-15-19-30(39-42)20-16-26/h13-21,28,34H,3-12,22-23H2,1-2H3,(H,37,41)/p+1. The number of pyridine rings is 1. The van der Waals surface area contributed by atoms with Gasteiger partial charge in [0.1, 0.15) is 5.65 Å². The first-order chi connectivity index (χ1) is 20.5. The Balaban J connectivity index is 1.26. The minimum absolute atomic E-state index is 0.0984. The molecule has 0 radical (unpaired) electrons. The molecule has 2 aromatic carbocycles. The molecule has 6 nitrogen and oxygen atoms in total. The fourth-order valence-corrected chi connectivity index (χ4v) is 7.42. The lowest BCUT2D eigenvalue weighted by atomic mass is 9.80. The van der Waals surface area contributed by atoms with E-state index in [1.54, 1.807) is 12.1 Å². The normalized spacial score (nSPS) is 16.5. The largest absolute Gasteiger partial charge is 0.351 e. The van der Waals surface area contributed by atoms with Gasteiger partial charge in [-0.3, -0.25) is 4.79 Å². The first-order valence-corrected chi connectivity index (χ1v) is 15.8. The van der Waals surface area contributed by atoms with Crippen LogP contribution in [0.2, 0.25) is 0 Å². The molecule has 1 atom stereocenters. The van der Waals surface area contributed by atoms with Crippen LogP contribution in [0.3, 0.4) is 0 Å². The molecule has 6 rings (SSSR count). The van der Waals surface area contributed by atoms with Gasteiger partial charge < -0.3 is 9.88 Å². The molecule has 4 aromatic rings. The quantitative estimate of drug-likeness (QED) is 0.243. The molecule has 6 heteroatoms. The second-order valence-corrected chi connectivity index (χ2v) is 12.5. The number of nitrogens with zero attached hydrogens (tertiary/aromatic N) is 2. The van der Waals surface area contributed by atoms with Crippen LogP contribution in [-0.4, -0.2) is 15.5 Å². The summed E-state index contributed by atoms with van der Waals surface area (Å²) in [4.78, 5) is 29.7. The van der Waals surface area contributed by atoms with E-state index in [4.69, 9.17) is 4.98 Å². The van der Waals surface area contributed by atoms with Crippen molar-refractivity contribution in [3.05, 3.63) is 98.7 Å². The van der Waals surface area contributed by atoms with Crippen LogP contribution in [0.5, 0.6) is 0 Å². The van der Waals surface area contributed by atoms with Crippen molar-refractivity contribution in [2.45, 2.75) is 97.1 Å². The lowest BCUT2D eigenvalue weighted by Crippen LogP contribution is -2.55. The van der Waals surface area contributed by atoms with E-state index in [0.717, 1.165) is 54.7 Å². The minimum atomic E-state index is -0.160. The van der Waals surface area contributed by atoms with Gasteiger partial charge in [0.25, 0.3) is 5.69 Å². The van der Waals surface area contributed by atoms with E-state index >= 15 is 0 Å². The van der Waals surface area contributed by atoms with E-state index in [9.17, 15) is 9.70 Å². The van der Waals surface area contributed by atoms with Crippen LogP contribution in [0, 0.1) is 24.7 Å². The summed E-state index contributed by atoms with van der Waals surface area (Å²) < 4.78 is 2.46. The molecule has 2 heterocycles. The zero-order valence-electron chi connectivity index (χ0n) is 25.0. The Kier molecular flexibility index (Phi) is 8.50. The summed E-state index contributed by atoms with van der Waals surface area (Å²) in [6.45, 7) is 5.57. The van der Waals surface area contributed by atoms with Crippen molar-refractivity contribution in [2.24, 2.45) is 5.92 Å². The van der Waals surface area contributed by atoms with Crippen LogP contribution in [0.25, 0.3) is 11.0 Å². The second-order valence-electron chi connectivity index (χ2n) is 12.5. The number of amides is 1. The molecule has 1 amide bonds. The van der Waals surface area contributed by atoms with Crippen LogP contribution in [0.15, 0.2) is 54.6 Å². The zero-order chi connectivity index (χ0) is 29.1. The summed E-state index contributed by atoms with van der Waals surface area (Å²) in [5.41, 5.74) is 10.4. The van der Waals surface area contributed by atoms with Gasteiger partial charge in [-0.15, -0.1) is 0 Å². The van der Waals surface area contributed by atoms with Crippen molar-refractivity contribution >= 4 is 22.6 Å². The zero-order valence-corrected chi connectivity index (χ0v) is 25.0. The number of hydrogen-bond donors (Lipinski definition) is 2. The summed E-state index contributed by atoms with van der Waals surface area (Å²) in [6.07, 6.45) is 11.8. The first-order valence-electron chi connectivity index (χ1n) is 15.8. The van der Waals surface area contributed by atoms with Gasteiger partial charge in [0.15, 0.2) is 0 Å². The molecule has 1 saturated carbocycles. The van der Waals surface area contributed by atoms with Crippen molar-refractivity contribution in [1.29, 1.82) is 0 Å². The summed E-state index contributed by atoms with van der Waals surface area (Å²) >= 11 is 0. The molecule has 2 aromatic heterocycles. The highest BCUT2D eigenvalue weighted by Crippen LogP contribution is 2.37. The molecular weight excluding hydrogens is 520 g/mol. The fourth-order valence-electron chi connectivity index (χ4n) is 7.42. The van der Waals surface area contributed by atoms with Crippen LogP contribution in [-0.2, 0) is 30.7 Å². The summed E-state index contributed by atoms with van der Waals surface area (Å²) in [7, 11) is 0. The Morgan fingerprint density at radius 2 is 1.62 bits per heavy atom. The van der Waals surface area contributed by atoms with Gasteiger partial charge in [-0.05, 0) is 92.2 Å². The van der Waals surface area contributed by atoms with E-state index in [1.807, 2.05) is 17.3 Å². The van der Waals surface area contributed by atoms with Crippen LogP contribution in [0.4, 0.5) is 5.69 Å². The fraction of sp³-hybridized carbons (Fsp3) is 0.444. The number of rotatable bonds is 8. The SMILES string of the molecule is Cc1cc(C)c2c3c(n(Cc4ccc(C(C(=O)NCc5ccc([NH+]=O)cc5)C5CCCCCC5)cc4)c2n1)CCCC3. The Labute approximate surface area is 248 Å². The topological polar surface area (TPSA) is 78.0 Å². The Bertz CT molecular complexity index is 1560. The van der Waals surface area contributed by atoms with E-state index in [0.29, 0.717) is 18.2 Å². The molecule has 0 saturated heterocycles. The Morgan fingerprint density at radius 1 is 0.929 bits per heavy atom. The van der Waals surface area contributed by atoms with E-state index in [-0.39, 0.29) is 11.8 Å². The molecule has 42 heavy (non-hydrogen) atoms. The number of nitrogens with one attached hydrogen (secondary N) is 2. The van der Waals surface area contributed by atoms with E-state index in [1.165, 1.54) is 66.3 Å². The molecular formula is C36H43N4O2+. The van der Waals surface area contributed by atoms with Crippen molar-refractivity contribution in [2.75, 3.05) is 0 Å². The third kappa shape index (κ3) is 5.90. The number of hydrogen-bond acceptors (Lipinski definition) is 3. The molecule has 0 aliphatic heterocycles. The van der Waals surface area contributed by atoms with E-state index < -0.39 is 0 Å². The number of nitroso groups, excluding NO2 is 1. The smallest absolute Gasteiger partial charge is 0.253 e. The van der Waals surface area contributed by atoms with Gasteiger partial charge in [-0.25, -0.2) is 4.98 Å². The third-order valence-electron chi connectivity index (χ3n) is 9.52. The molecule has 2 N–H and O–H groups in total. The summed E-state index contributed by atoms with van der Waals surface area (Å²) in [5, 5.41) is 6.49. The maximum absolute atomic E-state index is 13.8. The van der Waals surface area contributed by atoms with Crippen molar-refractivity contribution in [1.82, 2.24) is 14.9 Å². The van der Waals surface area contributed by atoms with Crippen LogP contribution >= 0.6 is 0 Å². The lowest BCUT2D eigenvalue weighted by molar-refractivity contribution is -0.379. The number of carbonyl (C=O) groups is 1. The molecule has 1 unspecified atom stereocenters. The Morgan fingerprint density at radius 3 is 2.33 bits per heavy atom. The number of aromatic nitrogens is 2. The molecule has 218 valence electrons. The summed E-state index contributed by atoms with van der Waals surface area (Å²) in [5.74, 6) is 0.286. The molecule has 1 fully saturated rings. The van der Waals surface area contributed by atoms with Gasteiger partial charge in [-0.1, -0.05) is 62.1 Å². The van der Waals surface area contributed by atoms with Gasteiger partial charge >= 0.3 is 0 Å². The second kappa shape index (κ2) is 12.6. The lowest BCUT2D eigenvalue weighted by Gasteiger charge is -2.26. The van der Waals surface area contributed by atoms with Crippen molar-refractivity contribution < 1.29 is 9.97 Å². The first kappa shape index (κ1) is 28.3. The van der Waals surface area contributed by atoms with E-state index in [2.05, 4.69) is 54.1 Å². The maximum Gasteiger partial charge on any atom is 0.253 e. The van der Waals surface area contributed by atoms with Crippen LogP contribution < -0.4 is 10.5 Å². The highest BCUT2D eigenvalue weighted by atomic mass is 16.3. The van der Waals surface area contributed by atoms with Crippen molar-refractivity contribution in [3.8, 4) is 0 Å². The average Bonchev–Trinajstić information content (AvgIpc) is 3.13. The predicted octanol–water partition coefficient (Wildman–Crippen LogP) is 6.43. The maximum atomic E-state index is 13.8. The third-order valence-corrected chi connectivity index (χ3v) is 9.52. The highest BCUT2D eigenvalue weighted by Gasteiger charge is 2.30. The predicted molar refractivity (Wildman–Crippen MR) is 168 cm³/mol. The van der Waals surface area contributed by atoms with Gasteiger partial charge in [-0.2, -0.15) is 0 Å².